The zero-order valence-electron chi connectivity index (χ0n) is 21.6. The number of allylic oxidation sites excluding steroid dienone is 1. The highest BCUT2D eigenvalue weighted by atomic mass is 16.5. The molecule has 2 aromatic carbocycles. The number of aryl methyl sites for hydroxylation is 1. The Hall–Kier alpha value is -3.81. The molecule has 1 aromatic heterocycles. The van der Waals surface area contributed by atoms with Crippen LogP contribution < -0.4 is 14.8 Å². The van der Waals surface area contributed by atoms with Gasteiger partial charge in [-0.3, -0.25) is 4.90 Å². The number of ether oxygens (including phenoxy) is 2. The molecule has 1 atom stereocenters. The lowest BCUT2D eigenvalue weighted by molar-refractivity contribution is 0.204. The van der Waals surface area contributed by atoms with E-state index in [1.165, 1.54) is 5.56 Å². The highest BCUT2D eigenvalue weighted by molar-refractivity contribution is 5.87. The lowest BCUT2D eigenvalue weighted by Crippen LogP contribution is -2.46. The number of urea groups is 1. The molecule has 0 saturated heterocycles. The van der Waals surface area contributed by atoms with E-state index in [0.717, 1.165) is 48.1 Å². The summed E-state index contributed by atoms with van der Waals surface area (Å²) in [6.45, 7) is 6.82. The minimum absolute atomic E-state index is 0.151. The summed E-state index contributed by atoms with van der Waals surface area (Å²) in [5, 5.41) is 7.41. The summed E-state index contributed by atoms with van der Waals surface area (Å²) in [6.07, 6.45) is 3.99. The molecule has 190 valence electrons. The summed E-state index contributed by atoms with van der Waals surface area (Å²) in [5.74, 6) is 2.08. The number of methoxy groups -OCH3 is 2. The van der Waals surface area contributed by atoms with Crippen LogP contribution in [-0.4, -0.2) is 41.8 Å². The average molecular weight is 491 g/mol. The number of nitrogens with one attached hydrogen (secondary N) is 1. The van der Waals surface area contributed by atoms with Gasteiger partial charge in [0.15, 0.2) is 11.5 Å². The van der Waals surface area contributed by atoms with E-state index >= 15 is 0 Å². The fourth-order valence-electron chi connectivity index (χ4n) is 4.47. The standard InChI is InChI=1S/C28H34N4O4/c1-6-8-9-16-32-18(3)24(27-30-26(31-36-27)20-12-10-19(7-2)11-13-20)25(29-28(32)33)21-14-15-22(34-4)23(17-21)35-5/h10-15,17,25H,6-9,16H2,1-5H3,(H,29,33). The molecule has 0 saturated carbocycles. The molecule has 2 heterocycles. The molecule has 0 spiro atoms. The molecule has 0 radical (unpaired) electrons. The van der Waals surface area contributed by atoms with E-state index in [4.69, 9.17) is 19.0 Å². The Labute approximate surface area is 212 Å². The third-order valence-electron chi connectivity index (χ3n) is 6.60. The first kappa shape index (κ1) is 25.3. The summed E-state index contributed by atoms with van der Waals surface area (Å²) >= 11 is 0. The first-order chi connectivity index (χ1) is 17.5. The molecule has 0 bridgehead atoms. The normalized spacial score (nSPS) is 15.8. The van der Waals surface area contributed by atoms with Crippen LogP contribution in [-0.2, 0) is 6.42 Å². The van der Waals surface area contributed by atoms with E-state index in [-0.39, 0.29) is 6.03 Å². The predicted octanol–water partition coefficient (Wildman–Crippen LogP) is 6.00. The van der Waals surface area contributed by atoms with Crippen molar-refractivity contribution in [3.8, 4) is 22.9 Å². The molecule has 1 N–H and O–H groups in total. The van der Waals surface area contributed by atoms with Crippen molar-refractivity contribution in [2.75, 3.05) is 20.8 Å². The Kier molecular flexibility index (Phi) is 7.93. The highest BCUT2D eigenvalue weighted by Crippen LogP contribution is 2.40. The molecule has 8 heteroatoms. The SMILES string of the molecule is CCCCCN1C(=O)NC(c2ccc(OC)c(OC)c2)C(c2nc(-c3ccc(CC)cc3)no2)=C1C. The third-order valence-corrected chi connectivity index (χ3v) is 6.60. The smallest absolute Gasteiger partial charge is 0.322 e. The second-order valence-corrected chi connectivity index (χ2v) is 8.83. The molecular weight excluding hydrogens is 456 g/mol. The highest BCUT2D eigenvalue weighted by Gasteiger charge is 2.36. The second-order valence-electron chi connectivity index (χ2n) is 8.83. The summed E-state index contributed by atoms with van der Waals surface area (Å²) in [5.41, 5.74) is 4.51. The minimum atomic E-state index is -0.490. The van der Waals surface area contributed by atoms with Gasteiger partial charge in [0.2, 0.25) is 5.82 Å². The third kappa shape index (κ3) is 5.08. The van der Waals surface area contributed by atoms with Crippen molar-refractivity contribution in [2.24, 2.45) is 0 Å². The number of nitrogens with zero attached hydrogens (tertiary/aromatic N) is 3. The number of amides is 2. The number of hydrogen-bond donors (Lipinski definition) is 1. The molecule has 3 aromatic rings. The fraction of sp³-hybridized carbons (Fsp3) is 0.393. The number of carbonyl (C=O) groups is 1. The number of benzene rings is 2. The van der Waals surface area contributed by atoms with Gasteiger partial charge in [0, 0.05) is 17.8 Å². The molecule has 2 amide bonds. The predicted molar refractivity (Wildman–Crippen MR) is 139 cm³/mol. The number of hydrogen-bond acceptors (Lipinski definition) is 6. The van der Waals surface area contributed by atoms with E-state index in [2.05, 4.69) is 36.5 Å². The molecule has 36 heavy (non-hydrogen) atoms. The Bertz CT molecular complexity index is 1230. The topological polar surface area (TPSA) is 89.7 Å². The van der Waals surface area contributed by atoms with Crippen molar-refractivity contribution in [3.05, 3.63) is 65.2 Å². The average Bonchev–Trinajstić information content (AvgIpc) is 3.39. The summed E-state index contributed by atoms with van der Waals surface area (Å²) in [6, 6.07) is 13.1. The zero-order valence-corrected chi connectivity index (χ0v) is 21.6. The van der Waals surface area contributed by atoms with Crippen molar-refractivity contribution < 1.29 is 18.8 Å². The molecule has 4 rings (SSSR count). The number of rotatable bonds is 10. The van der Waals surface area contributed by atoms with Crippen LogP contribution in [0.25, 0.3) is 17.0 Å². The fourth-order valence-corrected chi connectivity index (χ4v) is 4.47. The summed E-state index contributed by atoms with van der Waals surface area (Å²) < 4.78 is 16.7. The van der Waals surface area contributed by atoms with Crippen LogP contribution in [0, 0.1) is 0 Å². The van der Waals surface area contributed by atoms with Gasteiger partial charge in [-0.1, -0.05) is 62.2 Å². The monoisotopic (exact) mass is 490 g/mol. The first-order valence-corrected chi connectivity index (χ1v) is 12.4. The quantitative estimate of drug-likeness (QED) is 0.350. The molecular formula is C28H34N4O4. The largest absolute Gasteiger partial charge is 0.493 e. The van der Waals surface area contributed by atoms with Crippen LogP contribution in [0.15, 0.2) is 52.7 Å². The Morgan fingerprint density at radius 1 is 1.03 bits per heavy atom. The van der Waals surface area contributed by atoms with E-state index in [1.807, 2.05) is 37.3 Å². The minimum Gasteiger partial charge on any atom is -0.493 e. The summed E-state index contributed by atoms with van der Waals surface area (Å²) in [4.78, 5) is 19.7. The van der Waals surface area contributed by atoms with Gasteiger partial charge in [0.05, 0.1) is 25.8 Å². The van der Waals surface area contributed by atoms with Crippen LogP contribution in [0.1, 0.15) is 63.1 Å². The number of aromatic nitrogens is 2. The molecule has 8 nitrogen and oxygen atoms in total. The van der Waals surface area contributed by atoms with E-state index < -0.39 is 6.04 Å². The van der Waals surface area contributed by atoms with Crippen LogP contribution >= 0.6 is 0 Å². The summed E-state index contributed by atoms with van der Waals surface area (Å²) in [7, 11) is 3.18. The molecule has 1 aliphatic rings. The van der Waals surface area contributed by atoms with Crippen LogP contribution in [0.3, 0.4) is 0 Å². The van der Waals surface area contributed by atoms with E-state index in [9.17, 15) is 4.79 Å². The number of carbonyl (C=O) groups excluding carboxylic acids is 1. The van der Waals surface area contributed by atoms with E-state index in [1.54, 1.807) is 19.1 Å². The van der Waals surface area contributed by atoms with Gasteiger partial charge in [0.1, 0.15) is 0 Å². The maximum absolute atomic E-state index is 13.2. The van der Waals surface area contributed by atoms with Gasteiger partial charge in [-0.25, -0.2) is 4.79 Å². The van der Waals surface area contributed by atoms with Crippen LogP contribution in [0.5, 0.6) is 11.5 Å². The number of unbranched alkanes of at least 4 members (excludes halogenated alkanes) is 2. The lowest BCUT2D eigenvalue weighted by atomic mass is 9.94. The van der Waals surface area contributed by atoms with Gasteiger partial charge < -0.3 is 19.3 Å². The maximum atomic E-state index is 13.2. The van der Waals surface area contributed by atoms with E-state index in [0.29, 0.717) is 29.8 Å². The maximum Gasteiger partial charge on any atom is 0.322 e. The van der Waals surface area contributed by atoms with Crippen molar-refractivity contribution in [3.63, 3.8) is 0 Å². The molecule has 0 fully saturated rings. The molecule has 1 unspecified atom stereocenters. The van der Waals surface area contributed by atoms with Crippen LogP contribution in [0.4, 0.5) is 4.79 Å². The van der Waals surface area contributed by atoms with Gasteiger partial charge in [0.25, 0.3) is 5.89 Å². The second kappa shape index (κ2) is 11.3. The van der Waals surface area contributed by atoms with Gasteiger partial charge >= 0.3 is 6.03 Å². The van der Waals surface area contributed by atoms with Gasteiger partial charge in [-0.05, 0) is 43.0 Å². The Morgan fingerprint density at radius 2 is 1.78 bits per heavy atom. The van der Waals surface area contributed by atoms with Crippen molar-refractivity contribution in [1.82, 2.24) is 20.4 Å². The van der Waals surface area contributed by atoms with Crippen molar-refractivity contribution >= 4 is 11.6 Å². The first-order valence-electron chi connectivity index (χ1n) is 12.4. The Balaban J connectivity index is 1.78. The van der Waals surface area contributed by atoms with Crippen molar-refractivity contribution in [2.45, 2.75) is 52.5 Å². The van der Waals surface area contributed by atoms with Gasteiger partial charge in [-0.15, -0.1) is 0 Å². The van der Waals surface area contributed by atoms with Crippen molar-refractivity contribution in [1.29, 1.82) is 0 Å². The molecule has 0 aliphatic carbocycles. The lowest BCUT2D eigenvalue weighted by Gasteiger charge is -2.35. The van der Waals surface area contributed by atoms with Gasteiger partial charge in [-0.2, -0.15) is 4.98 Å². The zero-order chi connectivity index (χ0) is 25.7. The van der Waals surface area contributed by atoms with Crippen LogP contribution in [0.2, 0.25) is 0 Å². The Morgan fingerprint density at radius 3 is 2.44 bits per heavy atom. The molecule has 1 aliphatic heterocycles.